The summed E-state index contributed by atoms with van der Waals surface area (Å²) in [6, 6.07) is 0. The molecule has 0 aromatic heterocycles. The zero-order valence-corrected chi connectivity index (χ0v) is 8.78. The van der Waals surface area contributed by atoms with Crippen molar-refractivity contribution < 1.29 is 5.11 Å². The molecule has 0 saturated carbocycles. The summed E-state index contributed by atoms with van der Waals surface area (Å²) in [5.74, 6) is 0. The predicted molar refractivity (Wildman–Crippen MR) is 53.7 cm³/mol. The summed E-state index contributed by atoms with van der Waals surface area (Å²) in [6.45, 7) is 6.48. The van der Waals surface area contributed by atoms with Gasteiger partial charge in [-0.15, -0.1) is 0 Å². The third-order valence-corrected chi connectivity index (χ3v) is 2.13. The lowest BCUT2D eigenvalue weighted by Gasteiger charge is -2.36. The number of hydrogen-bond donors (Lipinski definition) is 1. The van der Waals surface area contributed by atoms with Gasteiger partial charge in [0.25, 0.3) is 0 Å². The van der Waals surface area contributed by atoms with Crippen molar-refractivity contribution in [2.75, 3.05) is 13.7 Å². The standard InChI is InChI=1S/C10H18N2O/c1-10(2,3)12-6-5-11(4)9(7-12)8-13/h5-7,13H,8H2,1-4H3. The van der Waals surface area contributed by atoms with Crippen LogP contribution in [0.1, 0.15) is 20.8 Å². The van der Waals surface area contributed by atoms with Crippen LogP contribution in [0, 0.1) is 0 Å². The van der Waals surface area contributed by atoms with Crippen LogP contribution in [0.15, 0.2) is 24.3 Å². The molecule has 0 atom stereocenters. The first-order valence-corrected chi connectivity index (χ1v) is 4.46. The van der Waals surface area contributed by atoms with Crippen molar-refractivity contribution in [3.63, 3.8) is 0 Å². The van der Waals surface area contributed by atoms with E-state index in [9.17, 15) is 0 Å². The summed E-state index contributed by atoms with van der Waals surface area (Å²) < 4.78 is 0. The van der Waals surface area contributed by atoms with Gasteiger partial charge >= 0.3 is 0 Å². The average molecular weight is 182 g/mol. The van der Waals surface area contributed by atoms with E-state index in [4.69, 9.17) is 5.11 Å². The van der Waals surface area contributed by atoms with Crippen LogP contribution >= 0.6 is 0 Å². The first-order valence-electron chi connectivity index (χ1n) is 4.46. The van der Waals surface area contributed by atoms with Gasteiger partial charge in [0, 0.05) is 31.2 Å². The third kappa shape index (κ3) is 2.25. The summed E-state index contributed by atoms with van der Waals surface area (Å²) in [5, 5.41) is 9.07. The Balaban J connectivity index is 2.83. The molecule has 0 fully saturated rings. The normalized spacial score (nSPS) is 17.8. The summed E-state index contributed by atoms with van der Waals surface area (Å²) >= 11 is 0. The van der Waals surface area contributed by atoms with Crippen LogP contribution in [-0.2, 0) is 0 Å². The fourth-order valence-corrected chi connectivity index (χ4v) is 1.13. The minimum atomic E-state index is 0.0676. The van der Waals surface area contributed by atoms with Gasteiger partial charge in [-0.1, -0.05) is 0 Å². The van der Waals surface area contributed by atoms with Crippen LogP contribution in [-0.4, -0.2) is 34.1 Å². The van der Waals surface area contributed by atoms with Crippen LogP contribution in [0.2, 0.25) is 0 Å². The SMILES string of the molecule is CN1C=CN(C(C)(C)C)C=C1CO. The molecule has 1 aliphatic rings. The van der Waals surface area contributed by atoms with E-state index in [0.717, 1.165) is 5.70 Å². The molecule has 0 bridgehead atoms. The molecule has 0 aromatic rings. The molecule has 13 heavy (non-hydrogen) atoms. The molecule has 0 aromatic carbocycles. The van der Waals surface area contributed by atoms with Crippen molar-refractivity contribution >= 4 is 0 Å². The second kappa shape index (κ2) is 3.42. The molecule has 3 nitrogen and oxygen atoms in total. The second-order valence-corrected chi connectivity index (χ2v) is 4.27. The maximum absolute atomic E-state index is 9.07. The second-order valence-electron chi connectivity index (χ2n) is 4.27. The average Bonchev–Trinajstić information content (AvgIpc) is 2.03. The number of hydrogen-bond acceptors (Lipinski definition) is 3. The largest absolute Gasteiger partial charge is 0.390 e. The molecule has 0 amide bonds. The summed E-state index contributed by atoms with van der Waals surface area (Å²) in [6.07, 6.45) is 5.94. The van der Waals surface area contributed by atoms with Gasteiger partial charge in [-0.05, 0) is 20.8 Å². The lowest BCUT2D eigenvalue weighted by Crippen LogP contribution is -2.36. The molecule has 0 spiro atoms. The summed E-state index contributed by atoms with van der Waals surface area (Å²) in [4.78, 5) is 4.01. The van der Waals surface area contributed by atoms with Crippen LogP contribution < -0.4 is 0 Å². The van der Waals surface area contributed by atoms with Crippen LogP contribution in [0.5, 0.6) is 0 Å². The molecule has 1 heterocycles. The van der Waals surface area contributed by atoms with Gasteiger partial charge in [0.1, 0.15) is 0 Å². The van der Waals surface area contributed by atoms with Crippen molar-refractivity contribution in [1.82, 2.24) is 9.80 Å². The Bertz CT molecular complexity index is 238. The van der Waals surface area contributed by atoms with E-state index >= 15 is 0 Å². The maximum atomic E-state index is 9.07. The van der Waals surface area contributed by atoms with E-state index < -0.39 is 0 Å². The zero-order chi connectivity index (χ0) is 10.1. The van der Waals surface area contributed by atoms with Gasteiger partial charge in [-0.2, -0.15) is 0 Å². The van der Waals surface area contributed by atoms with Gasteiger partial charge in [-0.25, -0.2) is 0 Å². The van der Waals surface area contributed by atoms with Gasteiger partial charge in [0.05, 0.1) is 12.3 Å². The fraction of sp³-hybridized carbons (Fsp3) is 0.600. The van der Waals surface area contributed by atoms with E-state index in [-0.39, 0.29) is 12.1 Å². The highest BCUT2D eigenvalue weighted by molar-refractivity contribution is 5.13. The molecule has 0 unspecified atom stereocenters. The monoisotopic (exact) mass is 182 g/mol. The Labute approximate surface area is 80.0 Å². The van der Waals surface area contributed by atoms with E-state index in [1.807, 2.05) is 30.5 Å². The highest BCUT2D eigenvalue weighted by Gasteiger charge is 2.19. The maximum Gasteiger partial charge on any atom is 0.0847 e. The zero-order valence-electron chi connectivity index (χ0n) is 8.78. The molecule has 1 aliphatic heterocycles. The lowest BCUT2D eigenvalue weighted by molar-refractivity contribution is 0.239. The Hall–Kier alpha value is -0.960. The molecule has 1 rings (SSSR count). The minimum Gasteiger partial charge on any atom is -0.390 e. The predicted octanol–water partition coefficient (Wildman–Crippen LogP) is 1.34. The van der Waals surface area contributed by atoms with E-state index in [0.29, 0.717) is 0 Å². The molecular formula is C10H18N2O. The lowest BCUT2D eigenvalue weighted by atomic mass is 10.1. The van der Waals surface area contributed by atoms with E-state index in [2.05, 4.69) is 25.7 Å². The molecule has 74 valence electrons. The first kappa shape index (κ1) is 10.1. The van der Waals surface area contributed by atoms with Crippen LogP contribution in [0.4, 0.5) is 0 Å². The summed E-state index contributed by atoms with van der Waals surface area (Å²) in [5.41, 5.74) is 0.982. The van der Waals surface area contributed by atoms with Crippen molar-refractivity contribution in [3.8, 4) is 0 Å². The molecule has 3 heteroatoms. The number of aliphatic hydroxyl groups is 1. The Morgan fingerprint density at radius 3 is 2.38 bits per heavy atom. The van der Waals surface area contributed by atoms with Crippen molar-refractivity contribution in [2.24, 2.45) is 0 Å². The number of rotatable bonds is 1. The molecule has 1 N–H and O–H groups in total. The smallest absolute Gasteiger partial charge is 0.0847 e. The Morgan fingerprint density at radius 1 is 1.31 bits per heavy atom. The molecule has 0 aliphatic carbocycles. The van der Waals surface area contributed by atoms with Crippen molar-refractivity contribution in [3.05, 3.63) is 24.3 Å². The fourth-order valence-electron chi connectivity index (χ4n) is 1.13. The quantitative estimate of drug-likeness (QED) is 0.663. The highest BCUT2D eigenvalue weighted by atomic mass is 16.3. The molecular weight excluding hydrogens is 164 g/mol. The van der Waals surface area contributed by atoms with Gasteiger partial charge in [0.2, 0.25) is 0 Å². The number of aliphatic hydroxyl groups excluding tert-OH is 1. The van der Waals surface area contributed by atoms with Crippen molar-refractivity contribution in [1.29, 1.82) is 0 Å². The number of nitrogens with zero attached hydrogens (tertiary/aromatic N) is 2. The van der Waals surface area contributed by atoms with E-state index in [1.165, 1.54) is 0 Å². The van der Waals surface area contributed by atoms with Crippen LogP contribution in [0.3, 0.4) is 0 Å². The number of likely N-dealkylation sites (N-methyl/N-ethyl adjacent to an activating group) is 1. The minimum absolute atomic E-state index is 0.0676. The van der Waals surface area contributed by atoms with E-state index in [1.54, 1.807) is 0 Å². The summed E-state index contributed by atoms with van der Waals surface area (Å²) in [7, 11) is 1.93. The van der Waals surface area contributed by atoms with Gasteiger partial charge < -0.3 is 14.9 Å². The highest BCUT2D eigenvalue weighted by Crippen LogP contribution is 2.20. The van der Waals surface area contributed by atoms with Gasteiger partial charge in [0.15, 0.2) is 0 Å². The Kier molecular flexibility index (Phi) is 2.66. The van der Waals surface area contributed by atoms with Gasteiger partial charge in [-0.3, -0.25) is 0 Å². The topological polar surface area (TPSA) is 26.7 Å². The van der Waals surface area contributed by atoms with Crippen molar-refractivity contribution in [2.45, 2.75) is 26.3 Å². The first-order chi connectivity index (χ1) is 5.95. The Morgan fingerprint density at radius 2 is 1.92 bits per heavy atom. The molecule has 0 radical (unpaired) electrons. The molecule has 0 saturated heterocycles. The third-order valence-electron chi connectivity index (χ3n) is 2.13. The van der Waals surface area contributed by atoms with Crippen LogP contribution in [0.25, 0.3) is 0 Å².